The number of alkyl halides is 3. The average molecular weight is 434 g/mol. The molecule has 2 rings (SSSR count). The maximum absolute atomic E-state index is 12.9. The van der Waals surface area contributed by atoms with Gasteiger partial charge in [0.1, 0.15) is 0 Å². The van der Waals surface area contributed by atoms with Crippen LogP contribution < -0.4 is 10.7 Å². The number of thiocarbonyl (C=S) groups is 1. The van der Waals surface area contributed by atoms with Crippen molar-refractivity contribution in [1.29, 1.82) is 0 Å². The van der Waals surface area contributed by atoms with Crippen molar-refractivity contribution in [2.24, 2.45) is 5.10 Å². The Kier molecular flexibility index (Phi) is 9.51. The van der Waals surface area contributed by atoms with Crippen molar-refractivity contribution in [1.82, 2.24) is 5.43 Å². The van der Waals surface area contributed by atoms with Crippen molar-refractivity contribution in [3.63, 3.8) is 0 Å². The highest BCUT2D eigenvalue weighted by Crippen LogP contribution is 2.33. The van der Waals surface area contributed by atoms with E-state index in [-0.39, 0.29) is 15.8 Å². The fourth-order valence-electron chi connectivity index (χ4n) is 3.21. The third-order valence-electron chi connectivity index (χ3n) is 4.79. The second kappa shape index (κ2) is 11.6. The topological polar surface area (TPSA) is 36.4 Å². The summed E-state index contributed by atoms with van der Waals surface area (Å²) in [5.41, 5.74) is 3.14. The Balaban J connectivity index is 1.95. The third-order valence-corrected chi connectivity index (χ3v) is 5.31. The van der Waals surface area contributed by atoms with Gasteiger partial charge in [-0.05, 0) is 56.1 Å². The molecule has 156 valence electrons. The van der Waals surface area contributed by atoms with Gasteiger partial charge in [0.05, 0.1) is 16.3 Å². The molecule has 0 unspecified atom stereocenters. The number of benzene rings is 1. The van der Waals surface area contributed by atoms with Gasteiger partial charge in [0.2, 0.25) is 0 Å². The van der Waals surface area contributed by atoms with E-state index in [1.807, 2.05) is 0 Å². The predicted octanol–water partition coefficient (Wildman–Crippen LogP) is 7.31. The summed E-state index contributed by atoms with van der Waals surface area (Å²) in [5, 5.41) is 7.41. The molecule has 8 heteroatoms. The SMILES string of the molecule is FC(F)(F)c1ccc(Cl)c(NC(=S)NN=C2CCCCCCCCCCC2)c1. The van der Waals surface area contributed by atoms with Gasteiger partial charge in [0.25, 0.3) is 0 Å². The molecule has 1 aliphatic carbocycles. The van der Waals surface area contributed by atoms with E-state index in [1.165, 1.54) is 51.0 Å². The number of halogens is 4. The van der Waals surface area contributed by atoms with Gasteiger partial charge in [-0.1, -0.05) is 56.5 Å². The van der Waals surface area contributed by atoms with Gasteiger partial charge >= 0.3 is 6.18 Å². The Morgan fingerprint density at radius 1 is 0.929 bits per heavy atom. The highest BCUT2D eigenvalue weighted by Gasteiger charge is 2.31. The van der Waals surface area contributed by atoms with Crippen molar-refractivity contribution >= 4 is 40.3 Å². The Hall–Kier alpha value is -1.34. The number of nitrogens with one attached hydrogen (secondary N) is 2. The zero-order valence-corrected chi connectivity index (χ0v) is 17.4. The van der Waals surface area contributed by atoms with E-state index >= 15 is 0 Å². The van der Waals surface area contributed by atoms with Crippen molar-refractivity contribution in [2.45, 2.75) is 76.8 Å². The van der Waals surface area contributed by atoms with Crippen LogP contribution in [0.25, 0.3) is 0 Å². The molecule has 0 radical (unpaired) electrons. The molecule has 1 aromatic rings. The molecule has 0 spiro atoms. The highest BCUT2D eigenvalue weighted by molar-refractivity contribution is 7.80. The van der Waals surface area contributed by atoms with E-state index in [2.05, 4.69) is 15.8 Å². The molecule has 0 atom stereocenters. The molecule has 1 aromatic carbocycles. The Morgan fingerprint density at radius 3 is 2.00 bits per heavy atom. The van der Waals surface area contributed by atoms with Crippen LogP contribution in [0.1, 0.15) is 76.2 Å². The first-order valence-corrected chi connectivity index (χ1v) is 10.6. The van der Waals surface area contributed by atoms with Crippen LogP contribution in [0, 0.1) is 0 Å². The van der Waals surface area contributed by atoms with E-state index in [0.29, 0.717) is 0 Å². The van der Waals surface area contributed by atoms with Gasteiger partial charge in [0, 0.05) is 5.71 Å². The lowest BCUT2D eigenvalue weighted by Gasteiger charge is -2.14. The van der Waals surface area contributed by atoms with Crippen molar-refractivity contribution in [3.05, 3.63) is 28.8 Å². The zero-order chi connectivity index (χ0) is 20.4. The first kappa shape index (κ1) is 22.9. The van der Waals surface area contributed by atoms with Crippen LogP contribution in [-0.2, 0) is 6.18 Å². The summed E-state index contributed by atoms with van der Waals surface area (Å²) in [4.78, 5) is 0. The molecule has 2 N–H and O–H groups in total. The lowest BCUT2D eigenvalue weighted by atomic mass is 10.00. The van der Waals surface area contributed by atoms with E-state index in [4.69, 9.17) is 23.8 Å². The van der Waals surface area contributed by atoms with Crippen LogP contribution >= 0.6 is 23.8 Å². The van der Waals surface area contributed by atoms with Gasteiger partial charge in [-0.25, -0.2) is 0 Å². The minimum atomic E-state index is -4.44. The maximum atomic E-state index is 12.9. The molecular formula is C20H27ClF3N3S. The quantitative estimate of drug-likeness (QED) is 0.379. The fourth-order valence-corrected chi connectivity index (χ4v) is 3.53. The maximum Gasteiger partial charge on any atom is 0.416 e. The average Bonchev–Trinajstić information content (AvgIpc) is 2.62. The second-order valence-electron chi connectivity index (χ2n) is 7.12. The normalized spacial score (nSPS) is 17.2. The van der Waals surface area contributed by atoms with Gasteiger partial charge < -0.3 is 5.32 Å². The summed E-state index contributed by atoms with van der Waals surface area (Å²) in [6.45, 7) is 0. The van der Waals surface area contributed by atoms with Gasteiger partial charge in [-0.2, -0.15) is 18.3 Å². The molecule has 1 aliphatic rings. The molecule has 0 bridgehead atoms. The third kappa shape index (κ3) is 8.35. The van der Waals surface area contributed by atoms with E-state index < -0.39 is 11.7 Å². The van der Waals surface area contributed by atoms with Crippen LogP contribution in [0.3, 0.4) is 0 Å². The van der Waals surface area contributed by atoms with Gasteiger partial charge in [-0.3, -0.25) is 5.43 Å². The molecule has 0 aromatic heterocycles. The number of hydrazone groups is 1. The Bertz CT molecular complexity index is 663. The van der Waals surface area contributed by atoms with Crippen LogP contribution in [-0.4, -0.2) is 10.8 Å². The Labute approximate surface area is 175 Å². The molecule has 1 saturated carbocycles. The summed E-state index contributed by atoms with van der Waals surface area (Å²) in [6, 6.07) is 3.09. The minimum absolute atomic E-state index is 0.105. The summed E-state index contributed by atoms with van der Waals surface area (Å²) in [6.07, 6.45) is 8.43. The molecule has 28 heavy (non-hydrogen) atoms. The number of rotatable bonds is 2. The summed E-state index contributed by atoms with van der Waals surface area (Å²) < 4.78 is 38.6. The lowest BCUT2D eigenvalue weighted by Crippen LogP contribution is -2.25. The fraction of sp³-hybridized carbons (Fsp3) is 0.600. The van der Waals surface area contributed by atoms with Gasteiger partial charge in [0.15, 0.2) is 5.11 Å². The van der Waals surface area contributed by atoms with E-state index in [9.17, 15) is 13.2 Å². The number of hydrogen-bond acceptors (Lipinski definition) is 2. The molecule has 1 fully saturated rings. The first-order chi connectivity index (χ1) is 13.4. The first-order valence-electron chi connectivity index (χ1n) is 9.85. The van der Waals surface area contributed by atoms with E-state index in [1.54, 1.807) is 0 Å². The molecule has 0 saturated heterocycles. The Morgan fingerprint density at radius 2 is 1.46 bits per heavy atom. The molecule has 3 nitrogen and oxygen atoms in total. The van der Waals surface area contributed by atoms with Crippen LogP contribution in [0.4, 0.5) is 18.9 Å². The van der Waals surface area contributed by atoms with Crippen LogP contribution in [0.15, 0.2) is 23.3 Å². The monoisotopic (exact) mass is 433 g/mol. The van der Waals surface area contributed by atoms with Crippen LogP contribution in [0.2, 0.25) is 5.02 Å². The number of anilines is 1. The molecule has 0 amide bonds. The predicted molar refractivity (Wildman–Crippen MR) is 114 cm³/mol. The molecule has 0 heterocycles. The van der Waals surface area contributed by atoms with E-state index in [0.717, 1.165) is 43.5 Å². The number of nitrogens with zero attached hydrogens (tertiary/aromatic N) is 1. The summed E-state index contributed by atoms with van der Waals surface area (Å²) >= 11 is 11.2. The second-order valence-corrected chi connectivity index (χ2v) is 7.93. The van der Waals surface area contributed by atoms with Crippen molar-refractivity contribution in [3.8, 4) is 0 Å². The van der Waals surface area contributed by atoms with Crippen molar-refractivity contribution < 1.29 is 13.2 Å². The minimum Gasteiger partial charge on any atom is -0.330 e. The largest absolute Gasteiger partial charge is 0.416 e. The smallest absolute Gasteiger partial charge is 0.330 e. The summed E-state index contributed by atoms with van der Waals surface area (Å²) in [7, 11) is 0. The van der Waals surface area contributed by atoms with Crippen LogP contribution in [0.5, 0.6) is 0 Å². The van der Waals surface area contributed by atoms with Crippen molar-refractivity contribution in [2.75, 3.05) is 5.32 Å². The number of hydrogen-bond donors (Lipinski definition) is 2. The molecular weight excluding hydrogens is 407 g/mol. The standard InChI is InChI=1S/C20H27ClF3N3S/c21-17-13-12-15(20(22,23)24)14-18(17)25-19(28)27-26-16-10-8-6-4-2-1-3-5-7-9-11-16/h12-14H,1-11H2,(H2,25,27,28). The highest BCUT2D eigenvalue weighted by atomic mass is 35.5. The van der Waals surface area contributed by atoms with Gasteiger partial charge in [-0.15, -0.1) is 0 Å². The summed E-state index contributed by atoms with van der Waals surface area (Å²) in [5.74, 6) is 0. The zero-order valence-electron chi connectivity index (χ0n) is 15.9. The lowest BCUT2D eigenvalue weighted by molar-refractivity contribution is -0.137. The molecule has 0 aliphatic heterocycles.